The Morgan fingerprint density at radius 2 is 1.53 bits per heavy atom. The molecule has 0 spiro atoms. The van der Waals surface area contributed by atoms with Gasteiger partial charge >= 0.3 is 0 Å². The van der Waals surface area contributed by atoms with Crippen LogP contribution in [0.15, 0.2) is 83.8 Å². The lowest BCUT2D eigenvalue weighted by Crippen LogP contribution is -2.27. The number of amides is 1. The van der Waals surface area contributed by atoms with Crippen LogP contribution in [0.25, 0.3) is 6.08 Å². The second-order valence-electron chi connectivity index (χ2n) is 6.97. The second-order valence-corrected chi connectivity index (χ2v) is 8.65. The van der Waals surface area contributed by atoms with Crippen molar-refractivity contribution in [2.24, 2.45) is 0 Å². The van der Waals surface area contributed by atoms with Gasteiger partial charge in [0, 0.05) is 23.6 Å². The predicted octanol–water partition coefficient (Wildman–Crippen LogP) is 6.69. The predicted molar refractivity (Wildman–Crippen MR) is 131 cm³/mol. The Kier molecular flexibility index (Phi) is 6.02. The van der Waals surface area contributed by atoms with Crippen LogP contribution in [0.1, 0.15) is 18.1 Å². The highest BCUT2D eigenvalue weighted by molar-refractivity contribution is 8.26. The van der Waals surface area contributed by atoms with Crippen molar-refractivity contribution in [1.29, 1.82) is 0 Å². The van der Waals surface area contributed by atoms with Crippen molar-refractivity contribution in [3.8, 4) is 0 Å². The van der Waals surface area contributed by atoms with Crippen LogP contribution in [0.4, 0.5) is 17.1 Å². The van der Waals surface area contributed by atoms with Crippen LogP contribution in [-0.2, 0) is 4.79 Å². The van der Waals surface area contributed by atoms with Crippen LogP contribution >= 0.6 is 24.0 Å². The highest BCUT2D eigenvalue weighted by Gasteiger charge is 2.30. The van der Waals surface area contributed by atoms with E-state index in [-0.39, 0.29) is 5.91 Å². The quantitative estimate of drug-likeness (QED) is 0.332. The number of aryl methyl sites for hydroxylation is 1. The lowest BCUT2D eigenvalue weighted by molar-refractivity contribution is -0.121. The molecule has 30 heavy (non-hydrogen) atoms. The molecule has 0 N–H and O–H groups in total. The third kappa shape index (κ3) is 4.04. The Morgan fingerprint density at radius 3 is 2.03 bits per heavy atom. The van der Waals surface area contributed by atoms with E-state index in [0.29, 0.717) is 15.8 Å². The zero-order valence-electron chi connectivity index (χ0n) is 16.9. The van der Waals surface area contributed by atoms with E-state index < -0.39 is 0 Å². The Balaban J connectivity index is 1.72. The van der Waals surface area contributed by atoms with E-state index in [9.17, 15) is 4.79 Å². The normalized spacial score (nSPS) is 15.1. The van der Waals surface area contributed by atoms with Gasteiger partial charge in [0.15, 0.2) is 0 Å². The van der Waals surface area contributed by atoms with Crippen molar-refractivity contribution in [2.45, 2.75) is 13.8 Å². The van der Waals surface area contributed by atoms with Gasteiger partial charge in [0.25, 0.3) is 5.91 Å². The SMILES string of the molecule is CCN1C(=O)/C(=C/c2ccc(N(c3ccccc3)c3ccccc3)cc2C)SC1=S. The van der Waals surface area contributed by atoms with Crippen molar-refractivity contribution < 1.29 is 4.79 Å². The van der Waals surface area contributed by atoms with E-state index in [4.69, 9.17) is 12.2 Å². The summed E-state index contributed by atoms with van der Waals surface area (Å²) in [6, 6.07) is 27.0. The largest absolute Gasteiger partial charge is 0.310 e. The molecule has 5 heteroatoms. The summed E-state index contributed by atoms with van der Waals surface area (Å²) in [6.07, 6.45) is 1.95. The minimum absolute atomic E-state index is 0.00817. The zero-order chi connectivity index (χ0) is 21.1. The number of carbonyl (C=O) groups excluding carboxylic acids is 1. The molecule has 0 atom stereocenters. The van der Waals surface area contributed by atoms with E-state index in [1.807, 2.05) is 49.4 Å². The van der Waals surface area contributed by atoms with Gasteiger partial charge in [-0.1, -0.05) is 66.4 Å². The molecular formula is C25H22N2OS2. The summed E-state index contributed by atoms with van der Waals surface area (Å²) in [4.78, 5) is 17.1. The molecule has 3 nitrogen and oxygen atoms in total. The Hall–Kier alpha value is -2.89. The third-order valence-corrected chi connectivity index (χ3v) is 6.39. The molecule has 150 valence electrons. The van der Waals surface area contributed by atoms with E-state index >= 15 is 0 Å². The summed E-state index contributed by atoms with van der Waals surface area (Å²) >= 11 is 6.70. The first-order valence-corrected chi connectivity index (χ1v) is 11.1. The first kappa shape index (κ1) is 20.4. The number of hydrogen-bond donors (Lipinski definition) is 0. The van der Waals surface area contributed by atoms with Gasteiger partial charge in [-0.3, -0.25) is 9.69 Å². The number of likely N-dealkylation sites (N-methyl/N-ethyl adjacent to an activating group) is 1. The summed E-state index contributed by atoms with van der Waals surface area (Å²) in [7, 11) is 0. The summed E-state index contributed by atoms with van der Waals surface area (Å²) in [5.74, 6) is -0.00817. The Labute approximate surface area is 187 Å². The van der Waals surface area contributed by atoms with Gasteiger partial charge in [-0.15, -0.1) is 0 Å². The monoisotopic (exact) mass is 430 g/mol. The molecule has 1 saturated heterocycles. The molecule has 1 heterocycles. The van der Waals surface area contributed by atoms with Crippen LogP contribution in [0, 0.1) is 6.92 Å². The summed E-state index contributed by atoms with van der Waals surface area (Å²) in [5, 5.41) is 0. The third-order valence-electron chi connectivity index (χ3n) is 5.02. The average molecular weight is 431 g/mol. The van der Waals surface area contributed by atoms with Gasteiger partial charge in [0.05, 0.1) is 4.91 Å². The number of anilines is 3. The number of para-hydroxylation sites is 2. The lowest BCUT2D eigenvalue weighted by Gasteiger charge is -2.26. The van der Waals surface area contributed by atoms with Crippen LogP contribution in [0.3, 0.4) is 0 Å². The number of carbonyl (C=O) groups is 1. The molecule has 0 bridgehead atoms. The van der Waals surface area contributed by atoms with E-state index in [2.05, 4.69) is 54.3 Å². The molecule has 0 unspecified atom stereocenters. The number of benzene rings is 3. The van der Waals surface area contributed by atoms with Crippen LogP contribution < -0.4 is 4.90 Å². The van der Waals surface area contributed by atoms with Crippen molar-refractivity contribution in [2.75, 3.05) is 11.4 Å². The van der Waals surface area contributed by atoms with E-state index in [1.165, 1.54) is 11.8 Å². The van der Waals surface area contributed by atoms with E-state index in [1.54, 1.807) is 4.90 Å². The average Bonchev–Trinajstić information content (AvgIpc) is 3.04. The molecule has 0 aromatic heterocycles. The molecule has 0 radical (unpaired) electrons. The fraction of sp³-hybridized carbons (Fsp3) is 0.120. The molecule has 3 aromatic rings. The first-order chi connectivity index (χ1) is 14.6. The van der Waals surface area contributed by atoms with Crippen molar-refractivity contribution >= 4 is 57.3 Å². The minimum Gasteiger partial charge on any atom is -0.310 e. The zero-order valence-corrected chi connectivity index (χ0v) is 18.5. The highest BCUT2D eigenvalue weighted by atomic mass is 32.2. The second kappa shape index (κ2) is 8.86. The maximum absolute atomic E-state index is 12.5. The minimum atomic E-state index is -0.00817. The number of rotatable bonds is 5. The number of thioether (sulfide) groups is 1. The van der Waals surface area contributed by atoms with Crippen molar-refractivity contribution in [3.05, 3.63) is 94.9 Å². The van der Waals surface area contributed by atoms with Crippen LogP contribution in [-0.4, -0.2) is 21.7 Å². The summed E-state index contributed by atoms with van der Waals surface area (Å²) < 4.78 is 0.627. The molecule has 1 amide bonds. The summed E-state index contributed by atoms with van der Waals surface area (Å²) in [6.45, 7) is 4.61. The van der Waals surface area contributed by atoms with Crippen molar-refractivity contribution in [3.63, 3.8) is 0 Å². The Bertz CT molecular complexity index is 1070. The van der Waals surface area contributed by atoms with Gasteiger partial charge in [0.2, 0.25) is 0 Å². The topological polar surface area (TPSA) is 23.6 Å². The molecule has 0 saturated carbocycles. The van der Waals surface area contributed by atoms with Crippen molar-refractivity contribution in [1.82, 2.24) is 4.90 Å². The molecule has 4 rings (SSSR count). The fourth-order valence-electron chi connectivity index (χ4n) is 3.48. The first-order valence-electron chi connectivity index (χ1n) is 9.84. The maximum Gasteiger partial charge on any atom is 0.266 e. The lowest BCUT2D eigenvalue weighted by atomic mass is 10.1. The van der Waals surface area contributed by atoms with Gasteiger partial charge in [-0.2, -0.15) is 0 Å². The molecule has 1 fully saturated rings. The Morgan fingerprint density at radius 1 is 0.933 bits per heavy atom. The van der Waals surface area contributed by atoms with Gasteiger partial charge in [0.1, 0.15) is 4.32 Å². The van der Waals surface area contributed by atoms with Crippen LogP contribution in [0.2, 0.25) is 0 Å². The fourth-order valence-corrected chi connectivity index (χ4v) is 4.85. The van der Waals surface area contributed by atoms with Gasteiger partial charge < -0.3 is 4.90 Å². The molecular weight excluding hydrogens is 408 g/mol. The summed E-state index contributed by atoms with van der Waals surface area (Å²) in [5.41, 5.74) is 5.39. The molecule has 1 aliphatic heterocycles. The molecule has 1 aliphatic rings. The van der Waals surface area contributed by atoms with Crippen LogP contribution in [0.5, 0.6) is 0 Å². The standard InChI is InChI=1S/C25H22N2OS2/c1-3-26-24(28)23(30-25(26)29)17-19-14-15-22(16-18(19)2)27(20-10-6-4-7-11-20)21-12-8-5-9-13-21/h4-17H,3H2,1-2H3/b23-17-. The smallest absolute Gasteiger partial charge is 0.266 e. The number of nitrogens with zero attached hydrogens (tertiary/aromatic N) is 2. The number of thiocarbonyl (C=S) groups is 1. The molecule has 3 aromatic carbocycles. The number of hydrogen-bond acceptors (Lipinski definition) is 4. The molecule has 0 aliphatic carbocycles. The highest BCUT2D eigenvalue weighted by Crippen LogP contribution is 2.37. The van der Waals surface area contributed by atoms with Gasteiger partial charge in [-0.05, 0) is 67.4 Å². The van der Waals surface area contributed by atoms with E-state index in [0.717, 1.165) is 28.2 Å². The maximum atomic E-state index is 12.5. The van der Waals surface area contributed by atoms with Gasteiger partial charge in [-0.25, -0.2) is 0 Å².